The predicted octanol–water partition coefficient (Wildman–Crippen LogP) is 2.77. The van der Waals surface area contributed by atoms with Crippen LogP contribution in [0.1, 0.15) is 10.4 Å². The first kappa shape index (κ1) is 9.93. The minimum atomic E-state index is -0.0492. The summed E-state index contributed by atoms with van der Waals surface area (Å²) in [6.07, 6.45) is 0. The summed E-state index contributed by atoms with van der Waals surface area (Å²) in [6.45, 7) is 0. The molecule has 1 N–H and O–H groups in total. The minimum Gasteiger partial charge on any atom is -0.355 e. The third kappa shape index (κ3) is 2.07. The number of amides is 1. The van der Waals surface area contributed by atoms with Crippen molar-refractivity contribution in [3.63, 3.8) is 0 Å². The molecule has 0 fully saturated rings. The highest BCUT2D eigenvalue weighted by atomic mass is 32.1. The summed E-state index contributed by atoms with van der Waals surface area (Å²) in [5, 5.41) is 6.73. The molecule has 0 aliphatic carbocycles. The zero-order valence-electron chi connectivity index (χ0n) is 8.36. The Morgan fingerprint density at radius 1 is 1.13 bits per heavy atom. The SMILES string of the molecule is CNC(=O)c1ccc(-c2ccsc2)cc1. The predicted molar refractivity (Wildman–Crippen MR) is 63.1 cm³/mol. The van der Waals surface area contributed by atoms with Crippen LogP contribution in [-0.2, 0) is 0 Å². The Kier molecular flexibility index (Phi) is 2.83. The monoisotopic (exact) mass is 217 g/mol. The molecule has 0 atom stereocenters. The Morgan fingerprint density at radius 3 is 2.40 bits per heavy atom. The Morgan fingerprint density at radius 2 is 1.87 bits per heavy atom. The van der Waals surface area contributed by atoms with Gasteiger partial charge in [-0.1, -0.05) is 12.1 Å². The van der Waals surface area contributed by atoms with Gasteiger partial charge in [-0.25, -0.2) is 0 Å². The molecule has 1 aromatic carbocycles. The van der Waals surface area contributed by atoms with Crippen LogP contribution in [0.4, 0.5) is 0 Å². The maximum absolute atomic E-state index is 11.3. The molecule has 0 bridgehead atoms. The molecule has 1 amide bonds. The molecule has 3 heteroatoms. The smallest absolute Gasteiger partial charge is 0.251 e. The normalized spacial score (nSPS) is 9.93. The van der Waals surface area contributed by atoms with Gasteiger partial charge < -0.3 is 5.32 Å². The average Bonchev–Trinajstić information content (AvgIpc) is 2.82. The summed E-state index contributed by atoms with van der Waals surface area (Å²) in [6, 6.07) is 9.68. The number of nitrogens with one attached hydrogen (secondary N) is 1. The zero-order valence-corrected chi connectivity index (χ0v) is 9.17. The Hall–Kier alpha value is -1.61. The molecule has 0 aliphatic heterocycles. The summed E-state index contributed by atoms with van der Waals surface area (Å²) >= 11 is 1.67. The Bertz CT molecular complexity index is 445. The number of hydrogen-bond donors (Lipinski definition) is 1. The standard InChI is InChI=1S/C12H11NOS/c1-13-12(14)10-4-2-9(3-5-10)11-6-7-15-8-11/h2-8H,1H3,(H,13,14). The van der Waals surface area contributed by atoms with Crippen molar-refractivity contribution in [2.75, 3.05) is 7.05 Å². The van der Waals surface area contributed by atoms with E-state index < -0.39 is 0 Å². The van der Waals surface area contributed by atoms with Gasteiger partial charge in [-0.15, -0.1) is 0 Å². The van der Waals surface area contributed by atoms with Gasteiger partial charge in [-0.05, 0) is 40.1 Å². The van der Waals surface area contributed by atoms with Crippen LogP contribution in [0, 0.1) is 0 Å². The van der Waals surface area contributed by atoms with E-state index >= 15 is 0 Å². The third-order valence-electron chi connectivity index (χ3n) is 2.23. The van der Waals surface area contributed by atoms with E-state index in [-0.39, 0.29) is 5.91 Å². The number of rotatable bonds is 2. The fourth-order valence-electron chi connectivity index (χ4n) is 1.39. The van der Waals surface area contributed by atoms with E-state index in [1.165, 1.54) is 5.56 Å². The summed E-state index contributed by atoms with van der Waals surface area (Å²) < 4.78 is 0. The molecular formula is C12H11NOS. The quantitative estimate of drug-likeness (QED) is 0.823. The highest BCUT2D eigenvalue weighted by Crippen LogP contribution is 2.22. The number of hydrogen-bond acceptors (Lipinski definition) is 2. The molecule has 0 saturated carbocycles. The lowest BCUT2D eigenvalue weighted by molar-refractivity contribution is 0.0963. The van der Waals surface area contributed by atoms with Crippen LogP contribution in [0.2, 0.25) is 0 Å². The van der Waals surface area contributed by atoms with Gasteiger partial charge in [0.2, 0.25) is 0 Å². The number of carbonyl (C=O) groups is 1. The first-order valence-corrected chi connectivity index (χ1v) is 5.60. The van der Waals surface area contributed by atoms with Crippen LogP contribution < -0.4 is 5.32 Å². The number of carbonyl (C=O) groups excluding carboxylic acids is 1. The van der Waals surface area contributed by atoms with E-state index in [9.17, 15) is 4.79 Å². The first-order chi connectivity index (χ1) is 7.31. The molecule has 1 aromatic heterocycles. The second kappa shape index (κ2) is 4.28. The van der Waals surface area contributed by atoms with Gasteiger partial charge in [-0.3, -0.25) is 4.79 Å². The molecule has 0 aliphatic rings. The maximum Gasteiger partial charge on any atom is 0.251 e. The summed E-state index contributed by atoms with van der Waals surface area (Å²) in [5.41, 5.74) is 3.03. The van der Waals surface area contributed by atoms with Crippen molar-refractivity contribution in [3.8, 4) is 11.1 Å². The lowest BCUT2D eigenvalue weighted by atomic mass is 10.1. The van der Waals surface area contributed by atoms with Gasteiger partial charge in [0.15, 0.2) is 0 Å². The molecule has 0 saturated heterocycles. The zero-order chi connectivity index (χ0) is 10.7. The molecular weight excluding hydrogens is 206 g/mol. The van der Waals surface area contributed by atoms with E-state index in [1.807, 2.05) is 29.6 Å². The molecule has 2 nitrogen and oxygen atoms in total. The summed E-state index contributed by atoms with van der Waals surface area (Å²) in [5.74, 6) is -0.0492. The van der Waals surface area contributed by atoms with Crippen molar-refractivity contribution in [1.29, 1.82) is 0 Å². The van der Waals surface area contributed by atoms with E-state index in [0.717, 1.165) is 5.56 Å². The van der Waals surface area contributed by atoms with Crippen molar-refractivity contribution in [2.45, 2.75) is 0 Å². The second-order valence-electron chi connectivity index (χ2n) is 3.17. The van der Waals surface area contributed by atoms with Gasteiger partial charge in [0.05, 0.1) is 0 Å². The van der Waals surface area contributed by atoms with Crippen LogP contribution in [0.25, 0.3) is 11.1 Å². The molecule has 0 unspecified atom stereocenters. The fourth-order valence-corrected chi connectivity index (χ4v) is 2.05. The van der Waals surface area contributed by atoms with Crippen molar-refractivity contribution in [1.82, 2.24) is 5.32 Å². The highest BCUT2D eigenvalue weighted by Gasteiger charge is 2.03. The van der Waals surface area contributed by atoms with Crippen LogP contribution in [0.3, 0.4) is 0 Å². The van der Waals surface area contributed by atoms with Crippen molar-refractivity contribution >= 4 is 17.2 Å². The number of thiophene rings is 1. The van der Waals surface area contributed by atoms with Crippen LogP contribution in [0.5, 0.6) is 0 Å². The molecule has 2 rings (SSSR count). The van der Waals surface area contributed by atoms with E-state index in [0.29, 0.717) is 5.56 Å². The lowest BCUT2D eigenvalue weighted by Crippen LogP contribution is -2.17. The van der Waals surface area contributed by atoms with E-state index in [1.54, 1.807) is 18.4 Å². The Balaban J connectivity index is 2.29. The van der Waals surface area contributed by atoms with Gasteiger partial charge in [-0.2, -0.15) is 11.3 Å². The van der Waals surface area contributed by atoms with Gasteiger partial charge in [0.1, 0.15) is 0 Å². The van der Waals surface area contributed by atoms with Crippen LogP contribution >= 0.6 is 11.3 Å². The molecule has 2 aromatic rings. The first-order valence-electron chi connectivity index (χ1n) is 4.66. The maximum atomic E-state index is 11.3. The minimum absolute atomic E-state index is 0.0492. The van der Waals surface area contributed by atoms with Crippen molar-refractivity contribution in [2.24, 2.45) is 0 Å². The summed E-state index contributed by atoms with van der Waals surface area (Å²) in [4.78, 5) is 11.3. The van der Waals surface area contributed by atoms with E-state index in [4.69, 9.17) is 0 Å². The largest absolute Gasteiger partial charge is 0.355 e. The Labute approximate surface area is 92.6 Å². The fraction of sp³-hybridized carbons (Fsp3) is 0.0833. The molecule has 76 valence electrons. The molecule has 1 heterocycles. The molecule has 0 spiro atoms. The van der Waals surface area contributed by atoms with Gasteiger partial charge in [0, 0.05) is 12.6 Å². The molecule has 15 heavy (non-hydrogen) atoms. The van der Waals surface area contributed by atoms with E-state index in [2.05, 4.69) is 16.8 Å². The van der Waals surface area contributed by atoms with Crippen molar-refractivity contribution < 1.29 is 4.79 Å². The average molecular weight is 217 g/mol. The van der Waals surface area contributed by atoms with Gasteiger partial charge >= 0.3 is 0 Å². The van der Waals surface area contributed by atoms with Crippen LogP contribution in [0.15, 0.2) is 41.1 Å². The van der Waals surface area contributed by atoms with Gasteiger partial charge in [0.25, 0.3) is 5.91 Å². The summed E-state index contributed by atoms with van der Waals surface area (Å²) in [7, 11) is 1.63. The van der Waals surface area contributed by atoms with Crippen molar-refractivity contribution in [3.05, 3.63) is 46.7 Å². The number of benzene rings is 1. The topological polar surface area (TPSA) is 29.1 Å². The lowest BCUT2D eigenvalue weighted by Gasteiger charge is -2.01. The molecule has 0 radical (unpaired) electrons. The third-order valence-corrected chi connectivity index (χ3v) is 2.91. The highest BCUT2D eigenvalue weighted by molar-refractivity contribution is 7.08. The van der Waals surface area contributed by atoms with Crippen LogP contribution in [-0.4, -0.2) is 13.0 Å². The second-order valence-corrected chi connectivity index (χ2v) is 3.95.